The molecule has 0 N–H and O–H groups in total. The van der Waals surface area contributed by atoms with Gasteiger partial charge in [0, 0.05) is 18.1 Å². The first-order chi connectivity index (χ1) is 13.7. The molecule has 0 aliphatic heterocycles. The van der Waals surface area contributed by atoms with E-state index >= 15 is 0 Å². The number of aromatic nitrogens is 2. The van der Waals surface area contributed by atoms with Gasteiger partial charge in [-0.05, 0) is 53.4 Å². The largest absolute Gasteiger partial charge is 0.260 e. The van der Waals surface area contributed by atoms with Crippen LogP contribution in [0.3, 0.4) is 0 Å². The summed E-state index contributed by atoms with van der Waals surface area (Å²) in [5.41, 5.74) is 4.06. The number of rotatable bonds is 5. The van der Waals surface area contributed by atoms with E-state index in [4.69, 9.17) is 9.97 Å². The average molecular weight is 422 g/mol. The molecule has 2 nitrogen and oxygen atoms in total. The monoisotopic (exact) mass is 422 g/mol. The zero-order valence-corrected chi connectivity index (χ0v) is 20.2. The molecule has 0 spiro atoms. The maximum absolute atomic E-state index is 4.79. The third-order valence-electron chi connectivity index (χ3n) is 4.60. The van der Waals surface area contributed by atoms with Gasteiger partial charge in [-0.15, -0.1) is 8.58 Å². The lowest BCUT2D eigenvalue weighted by molar-refractivity contribution is 0.783. The van der Waals surface area contributed by atoms with Crippen molar-refractivity contribution in [2.24, 2.45) is 0 Å². The summed E-state index contributed by atoms with van der Waals surface area (Å²) < 4.78 is 0. The Morgan fingerprint density at radius 2 is 1.38 bits per heavy atom. The zero-order chi connectivity index (χ0) is 21.1. The van der Waals surface area contributed by atoms with Crippen LogP contribution < -0.4 is 10.7 Å². The molecule has 152 valence electrons. The van der Waals surface area contributed by atoms with E-state index in [1.807, 2.05) is 24.5 Å². The maximum Gasteiger partial charge on any atom is 0.0681 e. The molecule has 2 aromatic heterocycles. The summed E-state index contributed by atoms with van der Waals surface area (Å²) in [5, 5.41) is 1.77. The minimum absolute atomic E-state index is 0.110. The van der Waals surface area contributed by atoms with Crippen molar-refractivity contribution in [3.63, 3.8) is 0 Å². The lowest BCUT2D eigenvalue weighted by atomic mass is 10.1. The summed E-state index contributed by atoms with van der Waals surface area (Å²) in [4.78, 5) is 9.56. The van der Waals surface area contributed by atoms with Crippen LogP contribution in [-0.4, -0.2) is 20.3 Å². The Kier molecular flexibility index (Phi) is 6.87. The van der Waals surface area contributed by atoms with Gasteiger partial charge in [0.15, 0.2) is 0 Å². The topological polar surface area (TPSA) is 25.8 Å². The average Bonchev–Trinajstić information content (AvgIpc) is 2.67. The second kappa shape index (κ2) is 9.03. The number of pyridine rings is 2. The Morgan fingerprint density at radius 3 is 1.93 bits per heavy atom. The SMILES string of the molecule is CC(C)(C)PC(c1ccccn1)c1ccccc1P(c1ccccn1)C(C)(C)C. The van der Waals surface area contributed by atoms with Gasteiger partial charge in [-0.3, -0.25) is 9.97 Å². The van der Waals surface area contributed by atoms with Gasteiger partial charge in [0.25, 0.3) is 0 Å². The highest BCUT2D eigenvalue weighted by molar-refractivity contribution is 7.74. The van der Waals surface area contributed by atoms with Gasteiger partial charge in [0.1, 0.15) is 0 Å². The minimum atomic E-state index is -0.612. The van der Waals surface area contributed by atoms with Crippen LogP contribution in [0.2, 0.25) is 0 Å². The van der Waals surface area contributed by atoms with E-state index in [2.05, 4.69) is 90.1 Å². The third kappa shape index (κ3) is 5.71. The molecule has 0 fully saturated rings. The van der Waals surface area contributed by atoms with Gasteiger partial charge < -0.3 is 0 Å². The molecule has 0 bridgehead atoms. The second-order valence-electron chi connectivity index (χ2n) is 9.33. The molecule has 3 unspecified atom stereocenters. The highest BCUT2D eigenvalue weighted by Crippen LogP contribution is 2.53. The van der Waals surface area contributed by atoms with Gasteiger partial charge in [-0.25, -0.2) is 0 Å². The first-order valence-electron chi connectivity index (χ1n) is 10.2. The zero-order valence-electron chi connectivity index (χ0n) is 18.3. The second-order valence-corrected chi connectivity index (χ2v) is 14.7. The first kappa shape index (κ1) is 22.1. The Labute approximate surface area is 179 Å². The summed E-state index contributed by atoms with van der Waals surface area (Å²) in [6.07, 6.45) is 3.84. The van der Waals surface area contributed by atoms with Crippen molar-refractivity contribution in [2.45, 2.75) is 57.5 Å². The van der Waals surface area contributed by atoms with Crippen molar-refractivity contribution in [1.29, 1.82) is 0 Å². The van der Waals surface area contributed by atoms with Crippen LogP contribution in [0, 0.1) is 0 Å². The van der Waals surface area contributed by atoms with Crippen LogP contribution in [0.25, 0.3) is 0 Å². The van der Waals surface area contributed by atoms with Crippen LogP contribution in [0.4, 0.5) is 0 Å². The van der Waals surface area contributed by atoms with E-state index < -0.39 is 7.92 Å². The van der Waals surface area contributed by atoms with Crippen LogP contribution in [0.15, 0.2) is 73.1 Å². The predicted octanol–water partition coefficient (Wildman–Crippen LogP) is 6.27. The fraction of sp³-hybridized carbons (Fsp3) is 0.360. The van der Waals surface area contributed by atoms with Crippen molar-refractivity contribution < 1.29 is 0 Å². The number of hydrogen-bond donors (Lipinski definition) is 0. The molecule has 3 aromatic rings. The summed E-state index contributed by atoms with van der Waals surface area (Å²) in [5.74, 6) is 0. The molecule has 2 heterocycles. The molecule has 4 heteroatoms. The van der Waals surface area contributed by atoms with Crippen molar-refractivity contribution in [1.82, 2.24) is 9.97 Å². The number of nitrogens with zero attached hydrogens (tertiary/aromatic N) is 2. The van der Waals surface area contributed by atoms with E-state index in [0.29, 0.717) is 5.66 Å². The molecule has 3 rings (SSSR count). The lowest BCUT2D eigenvalue weighted by Gasteiger charge is -2.35. The van der Waals surface area contributed by atoms with Gasteiger partial charge in [0.05, 0.1) is 11.1 Å². The van der Waals surface area contributed by atoms with Crippen LogP contribution in [0.5, 0.6) is 0 Å². The third-order valence-corrected chi connectivity index (χ3v) is 9.31. The summed E-state index contributed by atoms with van der Waals surface area (Å²) in [7, 11) is 0.134. The highest BCUT2D eigenvalue weighted by atomic mass is 31.1. The summed E-state index contributed by atoms with van der Waals surface area (Å²) in [6, 6.07) is 21.6. The summed E-state index contributed by atoms with van der Waals surface area (Å²) >= 11 is 0. The molecule has 1 aromatic carbocycles. The standard InChI is InChI=1S/C25H32N2P2/c1-24(2,3)28-23(20-14-9-11-17-26-20)19-13-7-8-15-21(19)29(25(4,5)6)22-16-10-12-18-27-22/h7-18,23,28H,1-6H3. The number of benzene rings is 1. The summed E-state index contributed by atoms with van der Waals surface area (Å²) in [6.45, 7) is 14.0. The van der Waals surface area contributed by atoms with Gasteiger partial charge in [-0.1, -0.05) is 77.9 Å². The van der Waals surface area contributed by atoms with Gasteiger partial charge in [-0.2, -0.15) is 0 Å². The lowest BCUT2D eigenvalue weighted by Crippen LogP contribution is -2.30. The minimum Gasteiger partial charge on any atom is -0.260 e. The molecular weight excluding hydrogens is 390 g/mol. The smallest absolute Gasteiger partial charge is 0.0681 e. The fourth-order valence-corrected chi connectivity index (χ4v) is 8.02. The Balaban J connectivity index is 2.19. The Hall–Kier alpha value is -1.62. The predicted molar refractivity (Wildman–Crippen MR) is 131 cm³/mol. The van der Waals surface area contributed by atoms with E-state index in [1.54, 1.807) is 0 Å². The normalized spacial score (nSPS) is 14.8. The molecule has 29 heavy (non-hydrogen) atoms. The molecular formula is C25H32N2P2. The van der Waals surface area contributed by atoms with Crippen LogP contribution >= 0.6 is 16.5 Å². The van der Waals surface area contributed by atoms with Crippen LogP contribution in [-0.2, 0) is 0 Å². The molecule has 0 aliphatic rings. The molecule has 0 radical (unpaired) electrons. The number of hydrogen-bond acceptors (Lipinski definition) is 2. The van der Waals surface area contributed by atoms with E-state index in [0.717, 1.165) is 14.3 Å². The Morgan fingerprint density at radius 1 is 0.759 bits per heavy atom. The first-order valence-corrected chi connectivity index (χ1v) is 12.6. The highest BCUT2D eigenvalue weighted by Gasteiger charge is 2.33. The van der Waals surface area contributed by atoms with Crippen molar-refractivity contribution >= 4 is 27.2 Å². The van der Waals surface area contributed by atoms with Gasteiger partial charge in [0.2, 0.25) is 0 Å². The molecule has 0 amide bonds. The van der Waals surface area contributed by atoms with Gasteiger partial charge >= 0.3 is 0 Å². The van der Waals surface area contributed by atoms with E-state index in [9.17, 15) is 0 Å². The molecule has 0 aliphatic carbocycles. The van der Waals surface area contributed by atoms with Crippen molar-refractivity contribution in [3.05, 3.63) is 84.3 Å². The van der Waals surface area contributed by atoms with E-state index in [1.165, 1.54) is 16.3 Å². The molecule has 3 atom stereocenters. The molecule has 0 saturated heterocycles. The Bertz CT molecular complexity index is 913. The van der Waals surface area contributed by atoms with Crippen molar-refractivity contribution in [2.75, 3.05) is 0 Å². The fourth-order valence-electron chi connectivity index (χ4n) is 3.54. The maximum atomic E-state index is 4.79. The van der Waals surface area contributed by atoms with E-state index in [-0.39, 0.29) is 10.3 Å². The van der Waals surface area contributed by atoms with Crippen LogP contribution in [0.1, 0.15) is 58.5 Å². The molecule has 0 saturated carbocycles. The van der Waals surface area contributed by atoms with Crippen molar-refractivity contribution in [3.8, 4) is 0 Å². The quantitative estimate of drug-likeness (QED) is 0.453.